The van der Waals surface area contributed by atoms with Gasteiger partial charge in [-0.15, -0.1) is 0 Å². The number of rotatable bonds is 6. The number of sulfonamides is 1. The molecule has 1 aliphatic rings. The van der Waals surface area contributed by atoms with E-state index >= 15 is 0 Å². The predicted molar refractivity (Wildman–Crippen MR) is 115 cm³/mol. The Balaban J connectivity index is 1.63. The van der Waals surface area contributed by atoms with Crippen molar-refractivity contribution in [3.63, 3.8) is 0 Å². The number of hydrogen-bond donors (Lipinski definition) is 1. The van der Waals surface area contributed by atoms with Crippen LogP contribution in [-0.4, -0.2) is 28.0 Å². The molecule has 0 aromatic heterocycles. The van der Waals surface area contributed by atoms with Gasteiger partial charge < -0.3 is 10.1 Å². The summed E-state index contributed by atoms with van der Waals surface area (Å²) in [6.45, 7) is 0.0240. The van der Waals surface area contributed by atoms with E-state index in [2.05, 4.69) is 5.32 Å². The molecule has 166 valence electrons. The van der Waals surface area contributed by atoms with Crippen LogP contribution in [0.4, 0.5) is 14.5 Å². The molecule has 0 atom stereocenters. The third kappa shape index (κ3) is 4.03. The molecule has 1 N–H and O–H groups in total. The van der Waals surface area contributed by atoms with Gasteiger partial charge in [0, 0.05) is 18.7 Å². The van der Waals surface area contributed by atoms with E-state index in [1.807, 2.05) is 12.1 Å². The van der Waals surface area contributed by atoms with Crippen LogP contribution in [-0.2, 0) is 23.0 Å². The number of methoxy groups -OCH3 is 1. The third-order valence-electron chi connectivity index (χ3n) is 5.30. The molecule has 0 fully saturated rings. The van der Waals surface area contributed by atoms with Crippen LogP contribution >= 0.6 is 0 Å². The number of carbonyl (C=O) groups is 1. The van der Waals surface area contributed by atoms with Gasteiger partial charge in [-0.3, -0.25) is 9.10 Å². The van der Waals surface area contributed by atoms with Gasteiger partial charge in [0.1, 0.15) is 17.4 Å². The van der Waals surface area contributed by atoms with Crippen molar-refractivity contribution < 1.29 is 26.7 Å². The van der Waals surface area contributed by atoms with Gasteiger partial charge in [-0.1, -0.05) is 18.2 Å². The highest BCUT2D eigenvalue weighted by Gasteiger charge is 2.31. The molecule has 0 unspecified atom stereocenters. The lowest BCUT2D eigenvalue weighted by Crippen LogP contribution is -2.30. The highest BCUT2D eigenvalue weighted by molar-refractivity contribution is 7.92. The maximum atomic E-state index is 13.9. The fourth-order valence-corrected chi connectivity index (χ4v) is 5.19. The number of fused-ring (bicyclic) bond motifs is 1. The number of para-hydroxylation sites is 1. The molecule has 0 saturated carbocycles. The van der Waals surface area contributed by atoms with Gasteiger partial charge in [-0.25, -0.2) is 17.2 Å². The maximum absolute atomic E-state index is 13.9. The normalized spacial score (nSPS) is 13.0. The monoisotopic (exact) mass is 458 g/mol. The second kappa shape index (κ2) is 8.58. The van der Waals surface area contributed by atoms with Crippen molar-refractivity contribution in [1.29, 1.82) is 0 Å². The summed E-state index contributed by atoms with van der Waals surface area (Å²) in [5, 5.41) is 2.49. The molecule has 6 nitrogen and oxygen atoms in total. The Bertz CT molecular complexity index is 1290. The zero-order valence-corrected chi connectivity index (χ0v) is 18.0. The summed E-state index contributed by atoms with van der Waals surface area (Å²) in [4.78, 5) is 12.7. The summed E-state index contributed by atoms with van der Waals surface area (Å²) in [7, 11) is -2.57. The first kappa shape index (κ1) is 21.8. The SMILES string of the molecule is COc1ccc(S(=O)(=O)N2CCc3ccccc32)cc1C(=O)NCc1cc(F)ccc1F. The summed E-state index contributed by atoms with van der Waals surface area (Å²) in [5.41, 5.74) is 1.48. The number of benzene rings is 3. The van der Waals surface area contributed by atoms with E-state index in [1.54, 1.807) is 12.1 Å². The van der Waals surface area contributed by atoms with E-state index in [0.29, 0.717) is 18.7 Å². The lowest BCUT2D eigenvalue weighted by Gasteiger charge is -2.20. The van der Waals surface area contributed by atoms with E-state index in [9.17, 15) is 22.0 Å². The highest BCUT2D eigenvalue weighted by atomic mass is 32.2. The first-order valence-electron chi connectivity index (χ1n) is 9.82. The second-order valence-corrected chi connectivity index (χ2v) is 9.10. The van der Waals surface area contributed by atoms with Crippen molar-refractivity contribution in [1.82, 2.24) is 5.32 Å². The molecule has 1 amide bonds. The minimum atomic E-state index is -3.92. The first-order valence-corrected chi connectivity index (χ1v) is 11.3. The lowest BCUT2D eigenvalue weighted by molar-refractivity contribution is 0.0947. The van der Waals surface area contributed by atoms with Crippen LogP contribution in [0.2, 0.25) is 0 Å². The smallest absolute Gasteiger partial charge is 0.264 e. The van der Waals surface area contributed by atoms with Crippen LogP contribution in [0.1, 0.15) is 21.5 Å². The Morgan fingerprint density at radius 2 is 1.88 bits per heavy atom. The molecule has 3 aromatic rings. The van der Waals surface area contributed by atoms with Gasteiger partial charge in [-0.2, -0.15) is 0 Å². The maximum Gasteiger partial charge on any atom is 0.264 e. The zero-order valence-electron chi connectivity index (χ0n) is 17.1. The van der Waals surface area contributed by atoms with Crippen LogP contribution in [0.3, 0.4) is 0 Å². The summed E-state index contributed by atoms with van der Waals surface area (Å²) in [6.07, 6.45) is 0.595. The number of ether oxygens (including phenoxy) is 1. The fraction of sp³-hybridized carbons (Fsp3) is 0.174. The van der Waals surface area contributed by atoms with E-state index in [-0.39, 0.29) is 28.3 Å². The van der Waals surface area contributed by atoms with Crippen molar-refractivity contribution in [3.05, 3.63) is 89.0 Å². The van der Waals surface area contributed by atoms with E-state index < -0.39 is 27.6 Å². The molecule has 3 aromatic carbocycles. The average Bonchev–Trinajstić information content (AvgIpc) is 3.24. The van der Waals surface area contributed by atoms with Gasteiger partial charge in [0.2, 0.25) is 0 Å². The average molecular weight is 458 g/mol. The standard InChI is InChI=1S/C23H20F2N2O4S/c1-31-22-9-7-18(32(29,30)27-11-10-15-4-2-3-5-21(15)27)13-19(22)23(28)26-14-16-12-17(24)6-8-20(16)25/h2-9,12-13H,10-11,14H2,1H3,(H,26,28). The molecule has 1 aliphatic heterocycles. The van der Waals surface area contributed by atoms with Crippen LogP contribution in [0.5, 0.6) is 5.75 Å². The highest BCUT2D eigenvalue weighted by Crippen LogP contribution is 2.34. The van der Waals surface area contributed by atoms with Gasteiger partial charge in [0.05, 0.1) is 23.3 Å². The Labute approximate surface area is 184 Å². The molecular formula is C23H20F2N2O4S. The predicted octanol–water partition coefficient (Wildman–Crippen LogP) is 3.65. The number of nitrogens with zero attached hydrogens (tertiary/aromatic N) is 1. The fourth-order valence-electron chi connectivity index (χ4n) is 3.66. The molecule has 4 rings (SSSR count). The van der Waals surface area contributed by atoms with Crippen LogP contribution in [0.15, 0.2) is 65.6 Å². The van der Waals surface area contributed by atoms with Crippen molar-refractivity contribution in [2.75, 3.05) is 18.0 Å². The molecule has 32 heavy (non-hydrogen) atoms. The summed E-state index contributed by atoms with van der Waals surface area (Å²) in [6, 6.07) is 14.2. The minimum Gasteiger partial charge on any atom is -0.496 e. The topological polar surface area (TPSA) is 75.7 Å². The third-order valence-corrected chi connectivity index (χ3v) is 7.10. The molecule has 0 aliphatic carbocycles. The number of halogens is 2. The van der Waals surface area contributed by atoms with Crippen LogP contribution < -0.4 is 14.4 Å². The Morgan fingerprint density at radius 3 is 2.66 bits per heavy atom. The molecule has 0 bridgehead atoms. The van der Waals surface area contributed by atoms with E-state index in [0.717, 1.165) is 23.8 Å². The summed E-state index contributed by atoms with van der Waals surface area (Å²) in [5.74, 6) is -1.82. The van der Waals surface area contributed by atoms with Gasteiger partial charge in [0.25, 0.3) is 15.9 Å². The summed E-state index contributed by atoms with van der Waals surface area (Å²) >= 11 is 0. The van der Waals surface area contributed by atoms with Crippen LogP contribution in [0, 0.1) is 11.6 Å². The molecule has 0 radical (unpaired) electrons. The number of carbonyl (C=O) groups excluding carboxylic acids is 1. The Morgan fingerprint density at radius 1 is 1.09 bits per heavy atom. The van der Waals surface area contributed by atoms with Crippen molar-refractivity contribution in [3.8, 4) is 5.75 Å². The summed E-state index contributed by atoms with van der Waals surface area (Å²) < 4.78 is 60.3. The quantitative estimate of drug-likeness (QED) is 0.612. The van der Waals surface area contributed by atoms with Gasteiger partial charge in [0.15, 0.2) is 0 Å². The molecule has 0 spiro atoms. The largest absolute Gasteiger partial charge is 0.496 e. The van der Waals surface area contributed by atoms with Crippen molar-refractivity contribution >= 4 is 21.6 Å². The number of nitrogens with one attached hydrogen (secondary N) is 1. The van der Waals surface area contributed by atoms with E-state index in [4.69, 9.17) is 4.74 Å². The number of amides is 1. The van der Waals surface area contributed by atoms with Gasteiger partial charge >= 0.3 is 0 Å². The Kier molecular flexibility index (Phi) is 5.84. The van der Waals surface area contributed by atoms with Crippen molar-refractivity contribution in [2.24, 2.45) is 0 Å². The molecule has 9 heteroatoms. The first-order chi connectivity index (χ1) is 15.3. The number of anilines is 1. The number of hydrogen-bond acceptors (Lipinski definition) is 4. The molecule has 1 heterocycles. The van der Waals surface area contributed by atoms with Crippen LogP contribution in [0.25, 0.3) is 0 Å². The molecule has 0 saturated heterocycles. The van der Waals surface area contributed by atoms with Gasteiger partial charge in [-0.05, 0) is 54.4 Å². The zero-order chi connectivity index (χ0) is 22.9. The molecular weight excluding hydrogens is 438 g/mol. The van der Waals surface area contributed by atoms with E-state index in [1.165, 1.54) is 29.6 Å². The van der Waals surface area contributed by atoms with Crippen molar-refractivity contribution in [2.45, 2.75) is 17.9 Å². The Hall–Kier alpha value is -3.46. The minimum absolute atomic E-state index is 0.0298. The second-order valence-electron chi connectivity index (χ2n) is 7.24. The lowest BCUT2D eigenvalue weighted by atomic mass is 10.1.